The van der Waals surface area contributed by atoms with Crippen molar-refractivity contribution in [2.45, 2.75) is 13.3 Å². The summed E-state index contributed by atoms with van der Waals surface area (Å²) in [6.07, 6.45) is 2.07. The SMILES string of the molecule is CCc1ccc2sc(NS(C)(=O)=O)nc2c1. The zero-order valence-electron chi connectivity index (χ0n) is 9.02. The second-order valence-corrected chi connectivity index (χ2v) is 6.33. The highest BCUT2D eigenvalue weighted by Crippen LogP contribution is 2.27. The molecular formula is C10H12N2O2S2. The molecule has 0 unspecified atom stereocenters. The second-order valence-electron chi connectivity index (χ2n) is 3.55. The number of rotatable bonds is 3. The summed E-state index contributed by atoms with van der Waals surface area (Å²) in [5.41, 5.74) is 2.04. The van der Waals surface area contributed by atoms with E-state index in [0.717, 1.165) is 22.9 Å². The number of fused-ring (bicyclic) bond motifs is 1. The molecule has 0 aliphatic carbocycles. The molecule has 86 valence electrons. The molecule has 6 heteroatoms. The van der Waals surface area contributed by atoms with Gasteiger partial charge in [-0.05, 0) is 24.1 Å². The molecule has 0 saturated carbocycles. The molecule has 0 amide bonds. The first-order valence-electron chi connectivity index (χ1n) is 4.85. The minimum Gasteiger partial charge on any atom is -0.259 e. The Bertz CT molecular complexity index is 617. The number of aryl methyl sites for hydroxylation is 1. The first-order valence-corrected chi connectivity index (χ1v) is 7.56. The average Bonchev–Trinajstić information content (AvgIpc) is 2.55. The molecule has 4 nitrogen and oxygen atoms in total. The molecule has 1 N–H and O–H groups in total. The minimum atomic E-state index is -3.24. The molecule has 0 aliphatic rings. The van der Waals surface area contributed by atoms with Gasteiger partial charge in [0.2, 0.25) is 10.0 Å². The lowest BCUT2D eigenvalue weighted by Crippen LogP contribution is -2.08. The van der Waals surface area contributed by atoms with Crippen LogP contribution in [0.2, 0.25) is 0 Å². The van der Waals surface area contributed by atoms with E-state index in [9.17, 15) is 8.42 Å². The van der Waals surface area contributed by atoms with Crippen LogP contribution in [0.15, 0.2) is 18.2 Å². The van der Waals surface area contributed by atoms with E-state index in [1.54, 1.807) is 0 Å². The first kappa shape index (κ1) is 11.3. The molecule has 0 spiro atoms. The van der Waals surface area contributed by atoms with E-state index in [4.69, 9.17) is 0 Å². The van der Waals surface area contributed by atoms with Gasteiger partial charge in [0.05, 0.1) is 16.5 Å². The Morgan fingerprint density at radius 1 is 1.44 bits per heavy atom. The van der Waals surface area contributed by atoms with E-state index in [2.05, 4.69) is 16.6 Å². The van der Waals surface area contributed by atoms with Gasteiger partial charge in [-0.15, -0.1) is 0 Å². The highest BCUT2D eigenvalue weighted by Gasteiger charge is 2.08. The Kier molecular flexibility index (Phi) is 2.86. The van der Waals surface area contributed by atoms with Gasteiger partial charge in [-0.2, -0.15) is 0 Å². The molecule has 0 radical (unpaired) electrons. The molecular weight excluding hydrogens is 244 g/mol. The Hall–Kier alpha value is -1.14. The van der Waals surface area contributed by atoms with E-state index in [-0.39, 0.29) is 0 Å². The zero-order chi connectivity index (χ0) is 11.8. The monoisotopic (exact) mass is 256 g/mol. The Morgan fingerprint density at radius 3 is 2.81 bits per heavy atom. The molecule has 1 aromatic carbocycles. The molecule has 1 heterocycles. The normalized spacial score (nSPS) is 11.9. The number of thiazole rings is 1. The van der Waals surface area contributed by atoms with Crippen LogP contribution in [-0.4, -0.2) is 19.7 Å². The molecule has 1 aromatic heterocycles. The quantitative estimate of drug-likeness (QED) is 0.916. The smallest absolute Gasteiger partial charge is 0.231 e. The Labute approximate surface area is 98.4 Å². The summed E-state index contributed by atoms with van der Waals surface area (Å²) in [6, 6.07) is 5.99. The van der Waals surface area contributed by atoms with Gasteiger partial charge in [-0.3, -0.25) is 4.72 Å². The van der Waals surface area contributed by atoms with Crippen LogP contribution in [0.4, 0.5) is 5.13 Å². The summed E-state index contributed by atoms with van der Waals surface area (Å²) in [5, 5.41) is 0.422. The highest BCUT2D eigenvalue weighted by molar-refractivity contribution is 7.92. The van der Waals surface area contributed by atoms with Gasteiger partial charge < -0.3 is 0 Å². The number of aromatic nitrogens is 1. The number of hydrogen-bond donors (Lipinski definition) is 1. The van der Waals surface area contributed by atoms with Crippen molar-refractivity contribution in [1.82, 2.24) is 4.98 Å². The maximum atomic E-state index is 11.1. The third-order valence-electron chi connectivity index (χ3n) is 2.13. The molecule has 0 atom stereocenters. The van der Waals surface area contributed by atoms with Crippen LogP contribution < -0.4 is 4.72 Å². The predicted molar refractivity (Wildman–Crippen MR) is 67.5 cm³/mol. The molecule has 0 bridgehead atoms. The van der Waals surface area contributed by atoms with Crippen LogP contribution in [0.3, 0.4) is 0 Å². The largest absolute Gasteiger partial charge is 0.259 e. The lowest BCUT2D eigenvalue weighted by Gasteiger charge is -1.95. The third-order valence-corrected chi connectivity index (χ3v) is 3.78. The molecule has 0 fully saturated rings. The minimum absolute atomic E-state index is 0.422. The lowest BCUT2D eigenvalue weighted by atomic mass is 10.2. The van der Waals surface area contributed by atoms with Gasteiger partial charge in [-0.1, -0.05) is 24.3 Å². The van der Waals surface area contributed by atoms with Crippen LogP contribution in [0.5, 0.6) is 0 Å². The van der Waals surface area contributed by atoms with Crippen molar-refractivity contribution >= 4 is 36.7 Å². The predicted octanol–water partition coefficient (Wildman–Crippen LogP) is 2.23. The molecule has 0 aliphatic heterocycles. The molecule has 0 saturated heterocycles. The van der Waals surface area contributed by atoms with Gasteiger partial charge in [0.25, 0.3) is 0 Å². The lowest BCUT2D eigenvalue weighted by molar-refractivity contribution is 0.607. The van der Waals surface area contributed by atoms with Crippen LogP contribution in [0.25, 0.3) is 10.2 Å². The van der Waals surface area contributed by atoms with E-state index in [1.165, 1.54) is 16.9 Å². The number of sulfonamides is 1. The van der Waals surface area contributed by atoms with E-state index in [1.807, 2.05) is 18.2 Å². The highest BCUT2D eigenvalue weighted by atomic mass is 32.2. The van der Waals surface area contributed by atoms with Crippen molar-refractivity contribution in [3.63, 3.8) is 0 Å². The number of nitrogens with zero attached hydrogens (tertiary/aromatic N) is 1. The fraction of sp³-hybridized carbons (Fsp3) is 0.300. The summed E-state index contributed by atoms with van der Waals surface area (Å²) in [5.74, 6) is 0. The fourth-order valence-corrected chi connectivity index (χ4v) is 3.08. The van der Waals surface area contributed by atoms with E-state index >= 15 is 0 Å². The van der Waals surface area contributed by atoms with Gasteiger partial charge in [-0.25, -0.2) is 13.4 Å². The van der Waals surface area contributed by atoms with Crippen molar-refractivity contribution in [2.75, 3.05) is 11.0 Å². The van der Waals surface area contributed by atoms with Gasteiger partial charge in [0.1, 0.15) is 0 Å². The summed E-state index contributed by atoms with van der Waals surface area (Å²) < 4.78 is 25.5. The van der Waals surface area contributed by atoms with Crippen molar-refractivity contribution in [3.8, 4) is 0 Å². The number of benzene rings is 1. The number of nitrogens with one attached hydrogen (secondary N) is 1. The third kappa shape index (κ3) is 2.51. The Morgan fingerprint density at radius 2 is 2.19 bits per heavy atom. The summed E-state index contributed by atoms with van der Waals surface area (Å²) in [4.78, 5) is 4.23. The summed E-state index contributed by atoms with van der Waals surface area (Å²) in [6.45, 7) is 2.07. The summed E-state index contributed by atoms with van der Waals surface area (Å²) in [7, 11) is -3.24. The number of anilines is 1. The van der Waals surface area contributed by atoms with Gasteiger partial charge in [0.15, 0.2) is 5.13 Å². The fourth-order valence-electron chi connectivity index (χ4n) is 1.40. The molecule has 2 rings (SSSR count). The van der Waals surface area contributed by atoms with E-state index in [0.29, 0.717) is 5.13 Å². The zero-order valence-corrected chi connectivity index (χ0v) is 10.7. The topological polar surface area (TPSA) is 59.1 Å². The van der Waals surface area contributed by atoms with Crippen molar-refractivity contribution in [3.05, 3.63) is 23.8 Å². The maximum absolute atomic E-state index is 11.1. The van der Waals surface area contributed by atoms with Crippen molar-refractivity contribution < 1.29 is 8.42 Å². The number of hydrogen-bond acceptors (Lipinski definition) is 4. The van der Waals surface area contributed by atoms with Gasteiger partial charge in [0, 0.05) is 0 Å². The van der Waals surface area contributed by atoms with Crippen LogP contribution >= 0.6 is 11.3 Å². The van der Waals surface area contributed by atoms with Crippen LogP contribution in [0.1, 0.15) is 12.5 Å². The summed E-state index contributed by atoms with van der Waals surface area (Å²) >= 11 is 1.34. The second kappa shape index (κ2) is 4.03. The molecule has 2 aromatic rings. The average molecular weight is 256 g/mol. The van der Waals surface area contributed by atoms with Crippen molar-refractivity contribution in [1.29, 1.82) is 0 Å². The maximum Gasteiger partial charge on any atom is 0.231 e. The standard InChI is InChI=1S/C10H12N2O2S2/c1-3-7-4-5-9-8(6-7)11-10(15-9)12-16(2,13)14/h4-6H,3H2,1-2H3,(H,11,12). The van der Waals surface area contributed by atoms with Crippen LogP contribution in [-0.2, 0) is 16.4 Å². The van der Waals surface area contributed by atoms with Crippen LogP contribution in [0, 0.1) is 0 Å². The first-order chi connectivity index (χ1) is 7.48. The molecule has 16 heavy (non-hydrogen) atoms. The Balaban J connectivity index is 2.44. The van der Waals surface area contributed by atoms with Gasteiger partial charge >= 0.3 is 0 Å². The van der Waals surface area contributed by atoms with Crippen molar-refractivity contribution in [2.24, 2.45) is 0 Å². The van der Waals surface area contributed by atoms with E-state index < -0.39 is 10.0 Å².